The van der Waals surface area contributed by atoms with E-state index < -0.39 is 17.7 Å². The molecule has 0 aliphatic rings. The van der Waals surface area contributed by atoms with Gasteiger partial charge < -0.3 is 10.6 Å². The van der Waals surface area contributed by atoms with Crippen LogP contribution in [0, 0.1) is 11.6 Å². The number of carbonyl (C=O) groups excluding carboxylic acids is 1. The molecule has 1 atom stereocenters. The number of nitrogens with one attached hydrogen (secondary N) is 2. The fraction of sp³-hybridized carbons (Fsp3) is 0.133. The second-order valence-electron chi connectivity index (χ2n) is 4.50. The largest absolute Gasteiger partial charge is 0.331 e. The molecule has 0 saturated heterocycles. The molecule has 0 aliphatic carbocycles. The molecule has 2 amide bonds. The van der Waals surface area contributed by atoms with Gasteiger partial charge in [-0.3, -0.25) is 0 Å². The van der Waals surface area contributed by atoms with Crippen molar-refractivity contribution in [1.82, 2.24) is 5.32 Å². The Labute approximate surface area is 129 Å². The third kappa shape index (κ3) is 4.26. The molecule has 110 valence electrons. The van der Waals surface area contributed by atoms with Gasteiger partial charge in [-0.25, -0.2) is 13.6 Å². The number of benzene rings is 2. The van der Waals surface area contributed by atoms with Crippen LogP contribution < -0.4 is 10.6 Å². The van der Waals surface area contributed by atoms with Crippen molar-refractivity contribution >= 4 is 27.6 Å². The van der Waals surface area contributed by atoms with E-state index >= 15 is 0 Å². The van der Waals surface area contributed by atoms with Gasteiger partial charge in [0.25, 0.3) is 0 Å². The van der Waals surface area contributed by atoms with E-state index in [1.54, 1.807) is 0 Å². The van der Waals surface area contributed by atoms with Gasteiger partial charge in [0.15, 0.2) is 0 Å². The van der Waals surface area contributed by atoms with Crippen molar-refractivity contribution in [3.63, 3.8) is 0 Å². The highest BCUT2D eigenvalue weighted by atomic mass is 79.9. The number of halogens is 3. The minimum atomic E-state index is -0.819. The average molecular weight is 355 g/mol. The summed E-state index contributed by atoms with van der Waals surface area (Å²) in [4.78, 5) is 11.8. The van der Waals surface area contributed by atoms with E-state index in [-0.39, 0.29) is 11.7 Å². The number of hydrogen-bond donors (Lipinski definition) is 2. The normalized spacial score (nSPS) is 11.8. The fourth-order valence-electron chi connectivity index (χ4n) is 1.81. The van der Waals surface area contributed by atoms with Crippen LogP contribution in [0.25, 0.3) is 0 Å². The van der Waals surface area contributed by atoms with Crippen molar-refractivity contribution in [2.24, 2.45) is 0 Å². The molecule has 1 unspecified atom stereocenters. The van der Waals surface area contributed by atoms with Gasteiger partial charge in [0.2, 0.25) is 0 Å². The van der Waals surface area contributed by atoms with Crippen LogP contribution in [-0.2, 0) is 0 Å². The van der Waals surface area contributed by atoms with Gasteiger partial charge >= 0.3 is 6.03 Å². The third-order valence-electron chi connectivity index (χ3n) is 2.88. The molecule has 2 N–H and O–H groups in total. The minimum absolute atomic E-state index is 0.0738. The van der Waals surface area contributed by atoms with Crippen LogP contribution >= 0.6 is 15.9 Å². The van der Waals surface area contributed by atoms with E-state index in [4.69, 9.17) is 0 Å². The van der Waals surface area contributed by atoms with Crippen molar-refractivity contribution < 1.29 is 13.6 Å². The SMILES string of the molecule is CC(NC(=O)Nc1ccc(F)cc1F)c1cccc(Br)c1. The highest BCUT2D eigenvalue weighted by molar-refractivity contribution is 9.10. The zero-order valence-corrected chi connectivity index (χ0v) is 12.7. The Kier molecular flexibility index (Phi) is 4.90. The maximum atomic E-state index is 13.4. The summed E-state index contributed by atoms with van der Waals surface area (Å²) < 4.78 is 27.1. The lowest BCUT2D eigenvalue weighted by Gasteiger charge is -2.15. The maximum Gasteiger partial charge on any atom is 0.319 e. The van der Waals surface area contributed by atoms with Crippen LogP contribution in [0.15, 0.2) is 46.9 Å². The van der Waals surface area contributed by atoms with E-state index in [1.165, 1.54) is 6.07 Å². The number of amides is 2. The zero-order valence-electron chi connectivity index (χ0n) is 11.2. The van der Waals surface area contributed by atoms with Crippen LogP contribution in [0.4, 0.5) is 19.3 Å². The molecule has 0 saturated carbocycles. The van der Waals surface area contributed by atoms with E-state index in [9.17, 15) is 13.6 Å². The minimum Gasteiger partial charge on any atom is -0.331 e. The molecule has 2 rings (SSSR count). The number of hydrogen-bond acceptors (Lipinski definition) is 1. The number of anilines is 1. The molecule has 0 aliphatic heterocycles. The average Bonchev–Trinajstić information content (AvgIpc) is 2.42. The maximum absolute atomic E-state index is 13.4. The van der Waals surface area contributed by atoms with Gasteiger partial charge in [-0.15, -0.1) is 0 Å². The Hall–Kier alpha value is -1.95. The summed E-state index contributed by atoms with van der Waals surface area (Å²) >= 11 is 3.35. The summed E-state index contributed by atoms with van der Waals surface area (Å²) in [7, 11) is 0. The topological polar surface area (TPSA) is 41.1 Å². The Morgan fingerprint density at radius 3 is 2.62 bits per heavy atom. The van der Waals surface area contributed by atoms with Gasteiger partial charge in [0.05, 0.1) is 11.7 Å². The molecule has 0 radical (unpaired) electrons. The molecule has 0 bridgehead atoms. The van der Waals surface area contributed by atoms with Gasteiger partial charge in [-0.1, -0.05) is 28.1 Å². The Bertz CT molecular complexity index is 664. The Balaban J connectivity index is 2.01. The molecule has 2 aromatic carbocycles. The molecule has 0 heterocycles. The Morgan fingerprint density at radius 1 is 1.19 bits per heavy atom. The molecule has 2 aromatic rings. The summed E-state index contributed by atoms with van der Waals surface area (Å²) in [6.45, 7) is 1.81. The predicted octanol–water partition coefficient (Wildman–Crippen LogP) is 4.61. The highest BCUT2D eigenvalue weighted by Crippen LogP contribution is 2.19. The van der Waals surface area contributed by atoms with Crippen molar-refractivity contribution in [2.75, 3.05) is 5.32 Å². The molecule has 0 aromatic heterocycles. The number of carbonyl (C=O) groups is 1. The zero-order chi connectivity index (χ0) is 15.4. The first-order valence-electron chi connectivity index (χ1n) is 6.24. The molecular formula is C15H13BrF2N2O. The van der Waals surface area contributed by atoms with Crippen LogP contribution in [-0.4, -0.2) is 6.03 Å². The van der Waals surface area contributed by atoms with Gasteiger partial charge in [-0.05, 0) is 36.8 Å². The lowest BCUT2D eigenvalue weighted by Crippen LogP contribution is -2.31. The van der Waals surface area contributed by atoms with E-state index in [2.05, 4.69) is 26.6 Å². The number of rotatable bonds is 3. The molecule has 21 heavy (non-hydrogen) atoms. The summed E-state index contributed by atoms with van der Waals surface area (Å²) in [6.07, 6.45) is 0. The summed E-state index contributed by atoms with van der Waals surface area (Å²) in [5.74, 6) is -1.51. The van der Waals surface area contributed by atoms with E-state index in [1.807, 2.05) is 31.2 Å². The molecule has 3 nitrogen and oxygen atoms in total. The van der Waals surface area contributed by atoms with Gasteiger partial charge in [-0.2, -0.15) is 0 Å². The quantitative estimate of drug-likeness (QED) is 0.830. The summed E-state index contributed by atoms with van der Waals surface area (Å²) in [5.41, 5.74) is 0.828. The van der Waals surface area contributed by atoms with Crippen molar-refractivity contribution in [3.05, 3.63) is 64.1 Å². The van der Waals surface area contributed by atoms with Gasteiger partial charge in [0.1, 0.15) is 11.6 Å². The van der Waals surface area contributed by atoms with Crippen LogP contribution in [0.3, 0.4) is 0 Å². The van der Waals surface area contributed by atoms with E-state index in [0.717, 1.165) is 16.1 Å². The monoisotopic (exact) mass is 354 g/mol. The summed E-state index contributed by atoms with van der Waals surface area (Å²) in [5, 5.41) is 5.03. The standard InChI is InChI=1S/C15H13BrF2N2O/c1-9(10-3-2-4-11(16)7-10)19-15(21)20-14-6-5-12(17)8-13(14)18/h2-9H,1H3,(H2,19,20,21). The summed E-state index contributed by atoms with van der Waals surface area (Å²) in [6, 6.07) is 9.63. The second-order valence-corrected chi connectivity index (χ2v) is 5.41. The van der Waals surface area contributed by atoms with Gasteiger partial charge in [0, 0.05) is 10.5 Å². The smallest absolute Gasteiger partial charge is 0.319 e. The molecular weight excluding hydrogens is 342 g/mol. The third-order valence-corrected chi connectivity index (χ3v) is 3.37. The lowest BCUT2D eigenvalue weighted by atomic mass is 10.1. The second kappa shape index (κ2) is 6.67. The number of urea groups is 1. The molecule has 0 spiro atoms. The van der Waals surface area contributed by atoms with Crippen molar-refractivity contribution in [1.29, 1.82) is 0 Å². The van der Waals surface area contributed by atoms with Crippen LogP contribution in [0.2, 0.25) is 0 Å². The van der Waals surface area contributed by atoms with Crippen LogP contribution in [0.5, 0.6) is 0 Å². The first-order valence-corrected chi connectivity index (χ1v) is 7.03. The van der Waals surface area contributed by atoms with Crippen LogP contribution in [0.1, 0.15) is 18.5 Å². The molecule has 0 fully saturated rings. The predicted molar refractivity (Wildman–Crippen MR) is 81.1 cm³/mol. The first-order chi connectivity index (χ1) is 9.95. The van der Waals surface area contributed by atoms with Crippen molar-refractivity contribution in [3.8, 4) is 0 Å². The van der Waals surface area contributed by atoms with E-state index in [0.29, 0.717) is 6.07 Å². The first kappa shape index (κ1) is 15.4. The fourth-order valence-corrected chi connectivity index (χ4v) is 2.22. The van der Waals surface area contributed by atoms with Crippen molar-refractivity contribution in [2.45, 2.75) is 13.0 Å². The highest BCUT2D eigenvalue weighted by Gasteiger charge is 2.12. The lowest BCUT2D eigenvalue weighted by molar-refractivity contribution is 0.249. The Morgan fingerprint density at radius 2 is 1.95 bits per heavy atom. The molecule has 6 heteroatoms.